The van der Waals surface area contributed by atoms with Gasteiger partial charge in [0.1, 0.15) is 5.58 Å². The van der Waals surface area contributed by atoms with Crippen molar-refractivity contribution in [3.63, 3.8) is 0 Å². The third-order valence-corrected chi connectivity index (χ3v) is 5.92. The first-order valence-corrected chi connectivity index (χ1v) is 10.6. The highest BCUT2D eigenvalue weighted by Crippen LogP contribution is 2.41. The van der Waals surface area contributed by atoms with Crippen LogP contribution in [0.25, 0.3) is 11.0 Å². The van der Waals surface area contributed by atoms with E-state index < -0.39 is 6.04 Å². The van der Waals surface area contributed by atoms with Crippen molar-refractivity contribution in [1.29, 1.82) is 0 Å². The molecule has 0 bridgehead atoms. The fourth-order valence-corrected chi connectivity index (χ4v) is 4.45. The average molecular weight is 421 g/mol. The minimum Gasteiger partial charge on any atom is -0.504 e. The van der Waals surface area contributed by atoms with Gasteiger partial charge in [-0.2, -0.15) is 0 Å². The third-order valence-electron chi connectivity index (χ3n) is 5.92. The molecule has 2 aromatic carbocycles. The maximum atomic E-state index is 13.6. The standard InChI is InChI=1S/C25H27NO5/c1-5-6-7-10-26-21(16-8-9-18(27)19(13-16)30-4)20-22(28)17-12-14(2)11-15(3)23(17)31-24(20)25(26)29/h8-9,11-13,21,27H,5-7,10H2,1-4H3. The first-order chi connectivity index (χ1) is 14.9. The molecule has 31 heavy (non-hydrogen) atoms. The topological polar surface area (TPSA) is 80.0 Å². The lowest BCUT2D eigenvalue weighted by molar-refractivity contribution is 0.0724. The number of fused-ring (bicyclic) bond motifs is 2. The van der Waals surface area contributed by atoms with Crippen LogP contribution >= 0.6 is 0 Å². The summed E-state index contributed by atoms with van der Waals surface area (Å²) < 4.78 is 11.4. The normalized spacial score (nSPS) is 15.5. The van der Waals surface area contributed by atoms with Crippen molar-refractivity contribution in [3.8, 4) is 11.5 Å². The number of aromatic hydroxyl groups is 1. The van der Waals surface area contributed by atoms with Gasteiger partial charge in [0.15, 0.2) is 16.9 Å². The van der Waals surface area contributed by atoms with E-state index in [1.807, 2.05) is 26.0 Å². The van der Waals surface area contributed by atoms with Crippen LogP contribution in [0.3, 0.4) is 0 Å². The van der Waals surface area contributed by atoms with Crippen molar-refractivity contribution < 1.29 is 19.1 Å². The molecule has 162 valence electrons. The Morgan fingerprint density at radius 1 is 1.13 bits per heavy atom. The summed E-state index contributed by atoms with van der Waals surface area (Å²) in [5.74, 6) is 0.133. The maximum absolute atomic E-state index is 13.6. The van der Waals surface area contributed by atoms with Gasteiger partial charge in [0.25, 0.3) is 5.91 Å². The second-order valence-corrected chi connectivity index (χ2v) is 8.17. The lowest BCUT2D eigenvalue weighted by Gasteiger charge is -2.25. The van der Waals surface area contributed by atoms with Crippen LogP contribution in [-0.4, -0.2) is 29.6 Å². The molecular weight excluding hydrogens is 394 g/mol. The van der Waals surface area contributed by atoms with E-state index in [9.17, 15) is 14.7 Å². The van der Waals surface area contributed by atoms with E-state index in [0.29, 0.717) is 34.4 Å². The second kappa shape index (κ2) is 8.10. The summed E-state index contributed by atoms with van der Waals surface area (Å²) in [4.78, 5) is 28.7. The summed E-state index contributed by atoms with van der Waals surface area (Å²) >= 11 is 0. The summed E-state index contributed by atoms with van der Waals surface area (Å²) in [5, 5.41) is 10.5. The van der Waals surface area contributed by atoms with Crippen molar-refractivity contribution in [2.45, 2.75) is 46.1 Å². The molecule has 1 aliphatic heterocycles. The van der Waals surface area contributed by atoms with Gasteiger partial charge in [-0.15, -0.1) is 0 Å². The van der Waals surface area contributed by atoms with Crippen LogP contribution < -0.4 is 10.2 Å². The van der Waals surface area contributed by atoms with Crippen molar-refractivity contribution in [3.05, 3.63) is 68.6 Å². The van der Waals surface area contributed by atoms with Crippen molar-refractivity contribution in [2.24, 2.45) is 0 Å². The lowest BCUT2D eigenvalue weighted by Crippen LogP contribution is -2.30. The molecular formula is C25H27NO5. The Balaban J connectivity index is 1.96. The minimum atomic E-state index is -0.588. The number of hydrogen-bond acceptors (Lipinski definition) is 5. The first kappa shape index (κ1) is 21.0. The number of phenolic OH excluding ortho intramolecular Hbond substituents is 1. The molecule has 1 amide bonds. The predicted octanol–water partition coefficient (Wildman–Crippen LogP) is 4.86. The van der Waals surface area contributed by atoms with Crippen molar-refractivity contribution in [1.82, 2.24) is 4.90 Å². The van der Waals surface area contributed by atoms with Crippen molar-refractivity contribution >= 4 is 16.9 Å². The minimum absolute atomic E-state index is 0.00475. The first-order valence-electron chi connectivity index (χ1n) is 10.6. The Kier molecular flexibility index (Phi) is 5.48. The number of carbonyl (C=O) groups is 1. The summed E-state index contributed by atoms with van der Waals surface area (Å²) in [6.07, 6.45) is 2.83. The summed E-state index contributed by atoms with van der Waals surface area (Å²) in [5.41, 5.74) is 3.12. The molecule has 2 heterocycles. The predicted molar refractivity (Wildman–Crippen MR) is 119 cm³/mol. The number of ether oxygens (including phenoxy) is 1. The highest BCUT2D eigenvalue weighted by atomic mass is 16.5. The zero-order valence-electron chi connectivity index (χ0n) is 18.3. The van der Waals surface area contributed by atoms with Gasteiger partial charge in [-0.05, 0) is 55.2 Å². The van der Waals surface area contributed by atoms with Gasteiger partial charge in [-0.3, -0.25) is 9.59 Å². The number of phenols is 1. The highest BCUT2D eigenvalue weighted by molar-refractivity contribution is 5.99. The molecule has 3 aromatic rings. The fourth-order valence-electron chi connectivity index (χ4n) is 4.45. The number of aryl methyl sites for hydroxylation is 2. The van der Waals surface area contributed by atoms with E-state index in [-0.39, 0.29) is 22.8 Å². The molecule has 1 unspecified atom stereocenters. The zero-order chi connectivity index (χ0) is 22.3. The molecule has 4 rings (SSSR count). The van der Waals surface area contributed by atoms with Crippen LogP contribution in [0.1, 0.15) is 65.0 Å². The number of rotatable bonds is 6. The summed E-state index contributed by atoms with van der Waals surface area (Å²) in [6.45, 7) is 6.43. The number of carbonyl (C=O) groups excluding carboxylic acids is 1. The average Bonchev–Trinajstić information content (AvgIpc) is 3.02. The van der Waals surface area contributed by atoms with E-state index in [1.165, 1.54) is 13.2 Å². The number of unbranched alkanes of at least 4 members (excludes halogenated alkanes) is 2. The molecule has 0 spiro atoms. The van der Waals surface area contributed by atoms with E-state index in [2.05, 4.69) is 6.92 Å². The fraction of sp³-hybridized carbons (Fsp3) is 0.360. The smallest absolute Gasteiger partial charge is 0.290 e. The van der Waals surface area contributed by atoms with Gasteiger partial charge in [-0.25, -0.2) is 0 Å². The Morgan fingerprint density at radius 2 is 1.90 bits per heavy atom. The monoisotopic (exact) mass is 421 g/mol. The summed E-state index contributed by atoms with van der Waals surface area (Å²) in [7, 11) is 1.47. The molecule has 0 radical (unpaired) electrons. The van der Waals surface area contributed by atoms with Crippen LogP contribution in [0.5, 0.6) is 11.5 Å². The third kappa shape index (κ3) is 3.46. The van der Waals surface area contributed by atoms with Crippen LogP contribution in [0.15, 0.2) is 39.5 Å². The second-order valence-electron chi connectivity index (χ2n) is 8.17. The van der Waals surface area contributed by atoms with E-state index in [4.69, 9.17) is 9.15 Å². The van der Waals surface area contributed by atoms with E-state index >= 15 is 0 Å². The van der Waals surface area contributed by atoms with E-state index in [1.54, 1.807) is 17.0 Å². The van der Waals surface area contributed by atoms with Crippen LogP contribution in [0, 0.1) is 13.8 Å². The van der Waals surface area contributed by atoms with Crippen LogP contribution in [0.4, 0.5) is 0 Å². The molecule has 6 heteroatoms. The molecule has 1 atom stereocenters. The van der Waals surface area contributed by atoms with E-state index in [0.717, 1.165) is 30.4 Å². The number of benzene rings is 2. The van der Waals surface area contributed by atoms with Gasteiger partial charge < -0.3 is 19.2 Å². The maximum Gasteiger partial charge on any atom is 0.290 e. The van der Waals surface area contributed by atoms with Crippen LogP contribution in [0.2, 0.25) is 0 Å². The highest BCUT2D eigenvalue weighted by Gasteiger charge is 2.42. The Labute approximate surface area is 181 Å². The number of amides is 1. The Bertz CT molecular complexity index is 1230. The van der Waals surface area contributed by atoms with Gasteiger partial charge in [0.05, 0.1) is 24.1 Å². The zero-order valence-corrected chi connectivity index (χ0v) is 18.3. The Hall–Kier alpha value is -3.28. The Morgan fingerprint density at radius 3 is 2.61 bits per heavy atom. The lowest BCUT2D eigenvalue weighted by atomic mass is 9.97. The number of methoxy groups -OCH3 is 1. The van der Waals surface area contributed by atoms with Gasteiger partial charge >= 0.3 is 0 Å². The molecule has 1 aliphatic rings. The summed E-state index contributed by atoms with van der Waals surface area (Å²) in [6, 6.07) is 8.10. The SMILES string of the molecule is CCCCCN1C(=O)c2oc3c(C)cc(C)cc3c(=O)c2C1c1ccc(O)c(OC)c1. The van der Waals surface area contributed by atoms with Gasteiger partial charge in [0.2, 0.25) is 5.76 Å². The molecule has 1 aromatic heterocycles. The molecule has 0 fully saturated rings. The molecule has 0 saturated carbocycles. The largest absolute Gasteiger partial charge is 0.504 e. The van der Waals surface area contributed by atoms with Crippen LogP contribution in [-0.2, 0) is 0 Å². The van der Waals surface area contributed by atoms with Crippen molar-refractivity contribution in [2.75, 3.05) is 13.7 Å². The molecule has 6 nitrogen and oxygen atoms in total. The number of nitrogens with zero attached hydrogens (tertiary/aromatic N) is 1. The molecule has 0 saturated heterocycles. The quantitative estimate of drug-likeness (QED) is 0.575. The van der Waals surface area contributed by atoms with Gasteiger partial charge in [0, 0.05) is 6.54 Å². The number of hydrogen-bond donors (Lipinski definition) is 1. The molecule has 1 N–H and O–H groups in total. The van der Waals surface area contributed by atoms with Gasteiger partial charge in [-0.1, -0.05) is 31.9 Å². The molecule has 0 aliphatic carbocycles.